The number of likely N-dealkylation sites (tertiary alicyclic amines) is 1. The molecule has 1 rings (SSSR count). The number of carboxylic acid groups (broad SMARTS) is 1. The minimum Gasteiger partial charge on any atom is -0.478 e. The molecule has 3 unspecified atom stereocenters. The van der Waals surface area contributed by atoms with E-state index in [-0.39, 0.29) is 35.9 Å². The van der Waals surface area contributed by atoms with Gasteiger partial charge in [-0.15, -0.1) is 0 Å². The van der Waals surface area contributed by atoms with Crippen LogP contribution in [0.3, 0.4) is 0 Å². The summed E-state index contributed by atoms with van der Waals surface area (Å²) < 4.78 is 0. The minimum absolute atomic E-state index is 0.0702. The maximum Gasteiger partial charge on any atom is 0.331 e. The van der Waals surface area contributed by atoms with Crippen molar-refractivity contribution in [1.82, 2.24) is 15.5 Å². The van der Waals surface area contributed by atoms with Gasteiger partial charge in [-0.05, 0) is 45.6 Å². The van der Waals surface area contributed by atoms with Crippen molar-refractivity contribution < 1.29 is 19.5 Å². The molecule has 0 aromatic rings. The monoisotopic (exact) mass is 381 g/mol. The molecular formula is C20H35N3O4. The first-order chi connectivity index (χ1) is 12.7. The molecule has 1 saturated heterocycles. The Morgan fingerprint density at radius 3 is 2.44 bits per heavy atom. The normalized spacial score (nSPS) is 20.8. The quantitative estimate of drug-likeness (QED) is 0.530. The molecule has 0 aromatic carbocycles. The smallest absolute Gasteiger partial charge is 0.331 e. The first-order valence-corrected chi connectivity index (χ1v) is 9.92. The third kappa shape index (κ3) is 6.97. The zero-order valence-electron chi connectivity index (χ0n) is 17.2. The van der Waals surface area contributed by atoms with Crippen LogP contribution in [-0.4, -0.2) is 59.0 Å². The summed E-state index contributed by atoms with van der Waals surface area (Å²) >= 11 is 0. The van der Waals surface area contributed by atoms with E-state index in [1.165, 1.54) is 13.0 Å². The van der Waals surface area contributed by atoms with Gasteiger partial charge >= 0.3 is 5.97 Å². The van der Waals surface area contributed by atoms with Crippen LogP contribution < -0.4 is 10.6 Å². The number of carbonyl (C=O) groups excluding carboxylic acids is 2. The summed E-state index contributed by atoms with van der Waals surface area (Å²) in [5.41, 5.74) is 0.173. The van der Waals surface area contributed by atoms with Crippen LogP contribution in [0.25, 0.3) is 0 Å². The lowest BCUT2D eigenvalue weighted by Crippen LogP contribution is -2.57. The minimum atomic E-state index is -1.01. The predicted octanol–water partition coefficient (Wildman–Crippen LogP) is 1.93. The van der Waals surface area contributed by atoms with Gasteiger partial charge in [-0.25, -0.2) is 4.79 Å². The number of hydrogen-bond donors (Lipinski definition) is 3. The van der Waals surface area contributed by atoms with E-state index >= 15 is 0 Å². The predicted molar refractivity (Wildman–Crippen MR) is 105 cm³/mol. The Hall–Kier alpha value is -1.89. The fraction of sp³-hybridized carbons (Fsp3) is 0.750. The maximum atomic E-state index is 12.9. The number of piperidine rings is 1. The molecular weight excluding hydrogens is 346 g/mol. The number of amides is 2. The molecule has 27 heavy (non-hydrogen) atoms. The zero-order valence-corrected chi connectivity index (χ0v) is 17.2. The van der Waals surface area contributed by atoms with E-state index in [1.54, 1.807) is 0 Å². The molecule has 7 heteroatoms. The number of hydrogen-bond acceptors (Lipinski definition) is 4. The van der Waals surface area contributed by atoms with E-state index in [9.17, 15) is 14.4 Å². The van der Waals surface area contributed by atoms with E-state index < -0.39 is 12.0 Å². The van der Waals surface area contributed by atoms with E-state index in [2.05, 4.69) is 29.4 Å². The van der Waals surface area contributed by atoms with Gasteiger partial charge in [0.05, 0.1) is 6.04 Å². The van der Waals surface area contributed by atoms with E-state index in [0.29, 0.717) is 6.04 Å². The van der Waals surface area contributed by atoms with Crippen molar-refractivity contribution in [2.45, 2.75) is 78.4 Å². The van der Waals surface area contributed by atoms with Gasteiger partial charge in [-0.3, -0.25) is 14.5 Å². The Bertz CT molecular complexity index is 559. The van der Waals surface area contributed by atoms with Crippen molar-refractivity contribution >= 4 is 17.8 Å². The summed E-state index contributed by atoms with van der Waals surface area (Å²) in [7, 11) is 0. The van der Waals surface area contributed by atoms with Gasteiger partial charge in [0.15, 0.2) is 0 Å². The van der Waals surface area contributed by atoms with Crippen molar-refractivity contribution in [1.29, 1.82) is 0 Å². The van der Waals surface area contributed by atoms with E-state index in [0.717, 1.165) is 32.2 Å². The molecule has 1 fully saturated rings. The highest BCUT2D eigenvalue weighted by atomic mass is 16.4. The van der Waals surface area contributed by atoms with Gasteiger partial charge < -0.3 is 15.7 Å². The zero-order chi connectivity index (χ0) is 20.6. The molecule has 1 aliphatic rings. The second-order valence-corrected chi connectivity index (χ2v) is 7.67. The van der Waals surface area contributed by atoms with Crippen molar-refractivity contribution in [2.75, 3.05) is 13.1 Å². The fourth-order valence-corrected chi connectivity index (χ4v) is 3.28. The van der Waals surface area contributed by atoms with Crippen molar-refractivity contribution in [3.8, 4) is 0 Å². The van der Waals surface area contributed by atoms with Gasteiger partial charge in [-0.2, -0.15) is 0 Å². The number of nitrogens with zero attached hydrogens (tertiary/aromatic N) is 1. The Balaban J connectivity index is 2.74. The Kier molecular flexibility index (Phi) is 9.49. The molecule has 154 valence electrons. The standard InChI is InChI=1S/C20H35N3O4/c1-6-15(5)23-12-8-7-9-16(23)18(24)22-17(13(2)3)19(25)21-11-10-14(4)20(26)27/h10,13,15-17H,6-9,11-12H2,1-5H3,(H,21,25)(H,22,24)(H,26,27)/b14-10+. The van der Waals surface area contributed by atoms with Crippen LogP contribution in [0.2, 0.25) is 0 Å². The maximum absolute atomic E-state index is 12.9. The lowest BCUT2D eigenvalue weighted by atomic mass is 9.97. The number of rotatable bonds is 9. The van der Waals surface area contributed by atoms with E-state index in [1.807, 2.05) is 13.8 Å². The summed E-state index contributed by atoms with van der Waals surface area (Å²) in [5.74, 6) is -1.47. The Morgan fingerprint density at radius 1 is 1.22 bits per heavy atom. The average Bonchev–Trinajstić information content (AvgIpc) is 2.64. The molecule has 0 bridgehead atoms. The highest BCUT2D eigenvalue weighted by molar-refractivity contribution is 5.90. The topological polar surface area (TPSA) is 98.7 Å². The van der Waals surface area contributed by atoms with Crippen molar-refractivity contribution in [3.05, 3.63) is 11.6 Å². The third-order valence-electron chi connectivity index (χ3n) is 5.27. The molecule has 0 aromatic heterocycles. The molecule has 0 spiro atoms. The van der Waals surface area contributed by atoms with E-state index in [4.69, 9.17) is 5.11 Å². The van der Waals surface area contributed by atoms with Gasteiger partial charge in [0.2, 0.25) is 11.8 Å². The Labute approximate surface area is 162 Å². The lowest BCUT2D eigenvalue weighted by molar-refractivity contribution is -0.134. The lowest BCUT2D eigenvalue weighted by Gasteiger charge is -2.39. The van der Waals surface area contributed by atoms with Gasteiger partial charge in [0, 0.05) is 18.2 Å². The highest BCUT2D eigenvalue weighted by Gasteiger charge is 2.34. The van der Waals surface area contributed by atoms with Crippen molar-refractivity contribution in [2.24, 2.45) is 5.92 Å². The molecule has 1 aliphatic heterocycles. The second kappa shape index (κ2) is 11.1. The summed E-state index contributed by atoms with van der Waals surface area (Å²) in [6.07, 6.45) is 5.35. The molecule has 7 nitrogen and oxygen atoms in total. The van der Waals surface area contributed by atoms with Crippen LogP contribution in [0.1, 0.15) is 60.3 Å². The molecule has 3 N–H and O–H groups in total. The molecule has 0 radical (unpaired) electrons. The number of nitrogens with one attached hydrogen (secondary N) is 2. The second-order valence-electron chi connectivity index (χ2n) is 7.67. The fourth-order valence-electron chi connectivity index (χ4n) is 3.28. The van der Waals surface area contributed by atoms with Crippen LogP contribution in [0.4, 0.5) is 0 Å². The van der Waals surface area contributed by atoms with Gasteiger partial charge in [-0.1, -0.05) is 33.3 Å². The number of carbonyl (C=O) groups is 3. The summed E-state index contributed by atoms with van der Waals surface area (Å²) in [4.78, 5) is 38.5. The Morgan fingerprint density at radius 2 is 1.89 bits per heavy atom. The third-order valence-corrected chi connectivity index (χ3v) is 5.27. The summed E-state index contributed by atoms with van der Waals surface area (Å²) in [6.45, 7) is 10.5. The molecule has 1 heterocycles. The van der Waals surface area contributed by atoms with Crippen LogP contribution in [0, 0.1) is 5.92 Å². The SMILES string of the molecule is CCC(C)N1CCCCC1C(=O)NC(C(=O)NC/C=C(\C)C(=O)O)C(C)C. The van der Waals surface area contributed by atoms with Crippen LogP contribution in [0.5, 0.6) is 0 Å². The molecule has 0 saturated carbocycles. The van der Waals surface area contributed by atoms with Crippen molar-refractivity contribution in [3.63, 3.8) is 0 Å². The molecule has 0 aliphatic carbocycles. The number of aliphatic carboxylic acids is 1. The van der Waals surface area contributed by atoms with Gasteiger partial charge in [0.1, 0.15) is 6.04 Å². The first-order valence-electron chi connectivity index (χ1n) is 9.92. The largest absolute Gasteiger partial charge is 0.478 e. The first kappa shape index (κ1) is 23.1. The van der Waals surface area contributed by atoms with Crippen LogP contribution in [-0.2, 0) is 14.4 Å². The number of carboxylic acids is 1. The highest BCUT2D eigenvalue weighted by Crippen LogP contribution is 2.21. The summed E-state index contributed by atoms with van der Waals surface area (Å²) in [6, 6.07) is -0.509. The summed E-state index contributed by atoms with van der Waals surface area (Å²) in [5, 5.41) is 14.5. The molecule has 3 atom stereocenters. The molecule has 2 amide bonds. The van der Waals surface area contributed by atoms with Gasteiger partial charge in [0.25, 0.3) is 0 Å². The van der Waals surface area contributed by atoms with Crippen LogP contribution >= 0.6 is 0 Å². The average molecular weight is 382 g/mol. The van der Waals surface area contributed by atoms with Crippen LogP contribution in [0.15, 0.2) is 11.6 Å².